The van der Waals surface area contributed by atoms with Crippen LogP contribution in [0.15, 0.2) is 41.4 Å². The lowest BCUT2D eigenvalue weighted by Crippen LogP contribution is -2.49. The van der Waals surface area contributed by atoms with Crippen molar-refractivity contribution in [1.82, 2.24) is 9.80 Å². The van der Waals surface area contributed by atoms with Gasteiger partial charge in [-0.3, -0.25) is 9.79 Å². The Labute approximate surface area is 221 Å². The van der Waals surface area contributed by atoms with Crippen LogP contribution >= 0.6 is 11.6 Å². The number of likely N-dealkylation sites (tertiary alicyclic amines) is 1. The van der Waals surface area contributed by atoms with Crippen LogP contribution in [0.3, 0.4) is 0 Å². The SMILES string of the molecule is Cc1ccc2c(c1)N=C(c1cc(N3CCC[C@@H](C(=O)N4CCC(N(C)C)CC4)C3)ccc1Cl)CCC2. The molecular weight excluding hydrogens is 468 g/mol. The zero-order valence-corrected chi connectivity index (χ0v) is 22.7. The minimum atomic E-state index is 0.0684. The lowest BCUT2D eigenvalue weighted by Gasteiger charge is -2.39. The first kappa shape index (κ1) is 25.3. The predicted octanol–water partition coefficient (Wildman–Crippen LogP) is 5.87. The van der Waals surface area contributed by atoms with Crippen LogP contribution in [0.2, 0.25) is 5.02 Å². The van der Waals surface area contributed by atoms with Gasteiger partial charge in [0.2, 0.25) is 5.91 Å². The summed E-state index contributed by atoms with van der Waals surface area (Å²) in [6.45, 7) is 5.63. The molecule has 0 aromatic heterocycles. The number of carbonyl (C=O) groups is 1. The molecule has 1 amide bonds. The van der Waals surface area contributed by atoms with E-state index in [1.807, 2.05) is 6.07 Å². The summed E-state index contributed by atoms with van der Waals surface area (Å²) in [6.07, 6.45) is 7.19. The number of benzene rings is 2. The monoisotopic (exact) mass is 506 g/mol. The zero-order chi connectivity index (χ0) is 25.2. The molecule has 2 aromatic rings. The topological polar surface area (TPSA) is 39.2 Å². The number of halogens is 1. The molecule has 0 spiro atoms. The van der Waals surface area contributed by atoms with Crippen molar-refractivity contribution in [3.05, 3.63) is 58.1 Å². The van der Waals surface area contributed by atoms with Crippen molar-refractivity contribution in [3.63, 3.8) is 0 Å². The maximum atomic E-state index is 13.4. The largest absolute Gasteiger partial charge is 0.371 e. The smallest absolute Gasteiger partial charge is 0.227 e. The van der Waals surface area contributed by atoms with Crippen molar-refractivity contribution in [3.8, 4) is 0 Å². The Balaban J connectivity index is 1.33. The molecule has 36 heavy (non-hydrogen) atoms. The van der Waals surface area contributed by atoms with E-state index in [2.05, 4.69) is 66.1 Å². The van der Waals surface area contributed by atoms with Gasteiger partial charge in [0.1, 0.15) is 0 Å². The zero-order valence-electron chi connectivity index (χ0n) is 22.0. The first-order chi connectivity index (χ1) is 17.4. The molecule has 3 heterocycles. The summed E-state index contributed by atoms with van der Waals surface area (Å²) in [5.41, 5.74) is 6.87. The summed E-state index contributed by atoms with van der Waals surface area (Å²) in [6, 6.07) is 13.5. The van der Waals surface area contributed by atoms with Gasteiger partial charge in [0.15, 0.2) is 0 Å². The van der Waals surface area contributed by atoms with Crippen molar-refractivity contribution in [2.24, 2.45) is 10.9 Å². The third kappa shape index (κ3) is 5.47. The standard InChI is InChI=1S/C30H39ClN4O/c1-21-9-10-22-6-4-8-28(32-29(22)18-21)26-19-25(11-12-27(26)31)35-15-5-7-23(20-35)30(36)34-16-13-24(14-17-34)33(2)3/h9-12,18-19,23-24H,4-8,13-17,20H2,1-3H3/t23-/m1/s1. The Morgan fingerprint density at radius 2 is 1.81 bits per heavy atom. The van der Waals surface area contributed by atoms with Crippen LogP contribution in [-0.4, -0.2) is 67.7 Å². The fourth-order valence-electron chi connectivity index (χ4n) is 6.04. The lowest BCUT2D eigenvalue weighted by atomic mass is 9.94. The first-order valence-corrected chi connectivity index (χ1v) is 13.9. The highest BCUT2D eigenvalue weighted by atomic mass is 35.5. The number of amides is 1. The van der Waals surface area contributed by atoms with Gasteiger partial charge in [-0.05, 0) is 101 Å². The third-order valence-electron chi connectivity index (χ3n) is 8.26. The number of hydrogen-bond acceptors (Lipinski definition) is 4. The number of hydrogen-bond donors (Lipinski definition) is 0. The lowest BCUT2D eigenvalue weighted by molar-refractivity contribution is -0.137. The second kappa shape index (κ2) is 10.9. The van der Waals surface area contributed by atoms with E-state index in [9.17, 15) is 4.79 Å². The Morgan fingerprint density at radius 1 is 1.00 bits per heavy atom. The van der Waals surface area contributed by atoms with E-state index < -0.39 is 0 Å². The second-order valence-corrected chi connectivity index (χ2v) is 11.4. The highest BCUT2D eigenvalue weighted by Gasteiger charge is 2.32. The van der Waals surface area contributed by atoms with Crippen LogP contribution in [-0.2, 0) is 11.2 Å². The van der Waals surface area contributed by atoms with E-state index in [0.29, 0.717) is 11.9 Å². The Morgan fingerprint density at radius 3 is 2.58 bits per heavy atom. The summed E-state index contributed by atoms with van der Waals surface area (Å²) in [7, 11) is 4.28. The molecule has 6 heteroatoms. The van der Waals surface area contributed by atoms with Crippen molar-refractivity contribution < 1.29 is 4.79 Å². The van der Waals surface area contributed by atoms with Gasteiger partial charge < -0.3 is 14.7 Å². The van der Waals surface area contributed by atoms with E-state index in [1.54, 1.807) is 0 Å². The molecule has 1 atom stereocenters. The van der Waals surface area contributed by atoms with Crippen LogP contribution in [0.1, 0.15) is 55.2 Å². The fraction of sp³-hybridized carbons (Fsp3) is 0.533. The molecule has 0 bridgehead atoms. The molecule has 0 radical (unpaired) electrons. The number of anilines is 1. The Bertz CT molecular complexity index is 1140. The maximum Gasteiger partial charge on any atom is 0.227 e. The highest BCUT2D eigenvalue weighted by Crippen LogP contribution is 2.33. The molecule has 5 nitrogen and oxygen atoms in total. The number of nitrogens with zero attached hydrogens (tertiary/aromatic N) is 4. The molecular formula is C30H39ClN4O. The number of piperidine rings is 2. The minimum Gasteiger partial charge on any atom is -0.371 e. The van der Waals surface area contributed by atoms with Crippen molar-refractivity contribution >= 4 is 34.6 Å². The number of fused-ring (bicyclic) bond motifs is 1. The number of carbonyl (C=O) groups excluding carboxylic acids is 1. The molecule has 2 aromatic carbocycles. The molecule has 3 aliphatic heterocycles. The molecule has 5 rings (SSSR count). The van der Waals surface area contributed by atoms with Crippen LogP contribution in [0, 0.1) is 12.8 Å². The number of rotatable bonds is 4. The van der Waals surface area contributed by atoms with E-state index in [0.717, 1.165) is 98.8 Å². The van der Waals surface area contributed by atoms with E-state index in [1.165, 1.54) is 11.1 Å². The fourth-order valence-corrected chi connectivity index (χ4v) is 6.26. The normalized spacial score (nSPS) is 21.2. The first-order valence-electron chi connectivity index (χ1n) is 13.6. The molecule has 0 unspecified atom stereocenters. The van der Waals surface area contributed by atoms with Crippen molar-refractivity contribution in [2.75, 3.05) is 45.2 Å². The van der Waals surface area contributed by atoms with Gasteiger partial charge >= 0.3 is 0 Å². The maximum absolute atomic E-state index is 13.4. The van der Waals surface area contributed by atoms with Gasteiger partial charge in [-0.1, -0.05) is 23.7 Å². The summed E-state index contributed by atoms with van der Waals surface area (Å²) in [5, 5.41) is 0.752. The predicted molar refractivity (Wildman–Crippen MR) is 150 cm³/mol. The summed E-state index contributed by atoms with van der Waals surface area (Å²) in [4.78, 5) is 25.3. The van der Waals surface area contributed by atoms with Crippen LogP contribution in [0.4, 0.5) is 11.4 Å². The van der Waals surface area contributed by atoms with Crippen molar-refractivity contribution in [1.29, 1.82) is 0 Å². The van der Waals surface area contributed by atoms with Gasteiger partial charge in [0.25, 0.3) is 0 Å². The Kier molecular flexibility index (Phi) is 7.68. The van der Waals surface area contributed by atoms with Gasteiger partial charge in [-0.2, -0.15) is 0 Å². The summed E-state index contributed by atoms with van der Waals surface area (Å²) < 4.78 is 0. The molecule has 0 saturated carbocycles. The number of aryl methyl sites for hydroxylation is 2. The van der Waals surface area contributed by atoms with Crippen LogP contribution in [0.5, 0.6) is 0 Å². The molecule has 0 aliphatic carbocycles. The van der Waals surface area contributed by atoms with E-state index in [4.69, 9.17) is 16.6 Å². The molecule has 0 N–H and O–H groups in total. The average Bonchev–Trinajstić information content (AvgIpc) is 3.10. The third-order valence-corrected chi connectivity index (χ3v) is 8.59. The van der Waals surface area contributed by atoms with Gasteiger partial charge in [-0.15, -0.1) is 0 Å². The second-order valence-electron chi connectivity index (χ2n) is 11.0. The quantitative estimate of drug-likeness (QED) is 0.520. The summed E-state index contributed by atoms with van der Waals surface area (Å²) in [5.74, 6) is 0.407. The van der Waals surface area contributed by atoms with Crippen LogP contribution in [0.25, 0.3) is 0 Å². The van der Waals surface area contributed by atoms with Gasteiger partial charge in [0, 0.05) is 54.2 Å². The molecule has 192 valence electrons. The molecule has 2 saturated heterocycles. The summed E-state index contributed by atoms with van der Waals surface area (Å²) >= 11 is 6.73. The minimum absolute atomic E-state index is 0.0684. The molecule has 3 aliphatic rings. The highest BCUT2D eigenvalue weighted by molar-refractivity contribution is 6.34. The Hall–Kier alpha value is -2.37. The van der Waals surface area contributed by atoms with Gasteiger partial charge in [-0.25, -0.2) is 0 Å². The number of aliphatic imine (C=N–C) groups is 1. The average molecular weight is 507 g/mol. The van der Waals surface area contributed by atoms with Gasteiger partial charge in [0.05, 0.1) is 11.6 Å². The van der Waals surface area contributed by atoms with E-state index >= 15 is 0 Å². The van der Waals surface area contributed by atoms with Crippen molar-refractivity contribution in [2.45, 2.75) is 57.9 Å². The molecule has 2 fully saturated rings. The van der Waals surface area contributed by atoms with E-state index in [-0.39, 0.29) is 5.92 Å². The van der Waals surface area contributed by atoms with Crippen LogP contribution < -0.4 is 4.90 Å².